The van der Waals surface area contributed by atoms with Crippen LogP contribution in [0.3, 0.4) is 0 Å². The van der Waals surface area contributed by atoms with Crippen molar-refractivity contribution < 1.29 is 13.9 Å². The molecule has 6 heteroatoms. The molecule has 1 fully saturated rings. The maximum atomic E-state index is 13.6. The molecule has 3 aromatic rings. The van der Waals surface area contributed by atoms with Gasteiger partial charge in [-0.3, -0.25) is 9.89 Å². The number of nitrogens with one attached hydrogen (secondary N) is 2. The van der Waals surface area contributed by atoms with Crippen molar-refractivity contribution in [3.8, 4) is 11.3 Å². The van der Waals surface area contributed by atoms with Crippen LogP contribution < -0.4 is 5.32 Å². The van der Waals surface area contributed by atoms with Gasteiger partial charge in [-0.15, -0.1) is 0 Å². The van der Waals surface area contributed by atoms with Crippen LogP contribution in [0, 0.1) is 12.7 Å². The van der Waals surface area contributed by atoms with Crippen LogP contribution >= 0.6 is 0 Å². The molecule has 0 radical (unpaired) electrons. The lowest BCUT2D eigenvalue weighted by atomic mass is 10.0. The number of hydrogen-bond donors (Lipinski definition) is 2. The lowest BCUT2D eigenvalue weighted by Gasteiger charge is -2.11. The minimum atomic E-state index is -0.386. The average Bonchev–Trinajstić information content (AvgIpc) is 3.25. The summed E-state index contributed by atoms with van der Waals surface area (Å²) in [6.45, 7) is 2.56. The van der Waals surface area contributed by atoms with Crippen molar-refractivity contribution in [3.05, 3.63) is 47.8 Å². The van der Waals surface area contributed by atoms with Crippen molar-refractivity contribution in [2.24, 2.45) is 0 Å². The lowest BCUT2D eigenvalue weighted by molar-refractivity contribution is -0.124. The number of aryl methyl sites for hydroxylation is 1. The van der Waals surface area contributed by atoms with Crippen LogP contribution in [0.4, 0.5) is 10.1 Å². The fourth-order valence-corrected chi connectivity index (χ4v) is 3.23. The van der Waals surface area contributed by atoms with Crippen LogP contribution in [0.15, 0.2) is 36.4 Å². The summed E-state index contributed by atoms with van der Waals surface area (Å²) in [6, 6.07) is 10.1. The zero-order chi connectivity index (χ0) is 17.4. The molecule has 1 amide bonds. The monoisotopic (exact) mass is 339 g/mol. The zero-order valence-electron chi connectivity index (χ0n) is 13.8. The largest absolute Gasteiger partial charge is 0.368 e. The molecule has 2 heterocycles. The Labute approximate surface area is 144 Å². The van der Waals surface area contributed by atoms with Crippen molar-refractivity contribution in [1.29, 1.82) is 0 Å². The highest BCUT2D eigenvalue weighted by molar-refractivity contribution is 6.00. The number of carbonyl (C=O) groups excluding carboxylic acids is 1. The summed E-state index contributed by atoms with van der Waals surface area (Å²) in [5.41, 5.74) is 3.85. The maximum Gasteiger partial charge on any atom is 0.253 e. The number of nitrogens with zero attached hydrogens (tertiary/aromatic N) is 1. The number of carbonyl (C=O) groups is 1. The minimum Gasteiger partial charge on any atom is -0.368 e. The molecule has 0 saturated carbocycles. The van der Waals surface area contributed by atoms with Gasteiger partial charge in [0.15, 0.2) is 0 Å². The van der Waals surface area contributed by atoms with E-state index in [1.165, 1.54) is 12.1 Å². The summed E-state index contributed by atoms with van der Waals surface area (Å²) in [5.74, 6) is -0.438. The van der Waals surface area contributed by atoms with Gasteiger partial charge < -0.3 is 10.1 Å². The van der Waals surface area contributed by atoms with E-state index in [1.807, 2.05) is 25.1 Å². The van der Waals surface area contributed by atoms with E-state index in [9.17, 15) is 9.18 Å². The zero-order valence-corrected chi connectivity index (χ0v) is 13.8. The van der Waals surface area contributed by atoms with E-state index in [2.05, 4.69) is 15.5 Å². The van der Waals surface area contributed by atoms with Gasteiger partial charge in [-0.05, 0) is 49.6 Å². The summed E-state index contributed by atoms with van der Waals surface area (Å²) < 4.78 is 19.0. The molecule has 1 atom stereocenters. The third-order valence-electron chi connectivity index (χ3n) is 4.45. The van der Waals surface area contributed by atoms with E-state index in [1.54, 1.807) is 6.07 Å². The number of benzene rings is 2. The first-order valence-electron chi connectivity index (χ1n) is 8.29. The van der Waals surface area contributed by atoms with Crippen LogP contribution in [0.25, 0.3) is 22.2 Å². The second-order valence-electron chi connectivity index (χ2n) is 6.29. The number of ether oxygens (including phenoxy) is 1. The van der Waals surface area contributed by atoms with Crippen molar-refractivity contribution in [1.82, 2.24) is 10.2 Å². The number of rotatable bonds is 3. The first kappa shape index (κ1) is 15.8. The molecular weight excluding hydrogens is 321 g/mol. The molecule has 0 bridgehead atoms. The lowest BCUT2D eigenvalue weighted by Crippen LogP contribution is -2.26. The predicted octanol–water partition coefficient (Wildman–Crippen LogP) is 3.79. The molecule has 1 aliphatic heterocycles. The number of amides is 1. The predicted molar refractivity (Wildman–Crippen MR) is 93.8 cm³/mol. The summed E-state index contributed by atoms with van der Waals surface area (Å²) in [4.78, 5) is 12.3. The normalized spacial score (nSPS) is 17.1. The summed E-state index contributed by atoms with van der Waals surface area (Å²) in [5, 5.41) is 11.1. The minimum absolute atomic E-state index is 0.132. The van der Waals surface area contributed by atoms with Crippen LogP contribution in [0.5, 0.6) is 0 Å². The number of fused-ring (bicyclic) bond motifs is 1. The van der Waals surface area contributed by atoms with Crippen LogP contribution in [-0.4, -0.2) is 28.8 Å². The van der Waals surface area contributed by atoms with E-state index in [0.717, 1.165) is 35.0 Å². The first-order chi connectivity index (χ1) is 12.1. The van der Waals surface area contributed by atoms with E-state index >= 15 is 0 Å². The van der Waals surface area contributed by atoms with Gasteiger partial charge in [0.05, 0.1) is 11.2 Å². The molecule has 1 saturated heterocycles. The fourth-order valence-electron chi connectivity index (χ4n) is 3.23. The Morgan fingerprint density at radius 3 is 3.00 bits per heavy atom. The van der Waals surface area contributed by atoms with E-state index in [4.69, 9.17) is 4.74 Å². The van der Waals surface area contributed by atoms with E-state index in [0.29, 0.717) is 17.9 Å². The molecule has 2 N–H and O–H groups in total. The second kappa shape index (κ2) is 6.29. The molecule has 25 heavy (non-hydrogen) atoms. The number of aromatic nitrogens is 2. The van der Waals surface area contributed by atoms with Crippen molar-refractivity contribution in [3.63, 3.8) is 0 Å². The second-order valence-corrected chi connectivity index (χ2v) is 6.29. The van der Waals surface area contributed by atoms with Gasteiger partial charge >= 0.3 is 0 Å². The molecule has 4 rings (SSSR count). The molecule has 0 spiro atoms. The molecule has 2 aromatic carbocycles. The number of aromatic amines is 1. The fraction of sp³-hybridized carbons (Fsp3) is 0.263. The Morgan fingerprint density at radius 1 is 1.36 bits per heavy atom. The van der Waals surface area contributed by atoms with Crippen LogP contribution in [0.1, 0.15) is 18.4 Å². The Morgan fingerprint density at radius 2 is 2.24 bits per heavy atom. The standard InChI is InChI=1S/C19H18FN3O2/c1-11-8-14(21-19(24)16-6-3-7-25-16)10-15-17(11)22-23-18(15)12-4-2-5-13(20)9-12/h2,4-5,8-10,16H,3,6-7H2,1H3,(H,21,24)(H,22,23). The van der Waals surface area contributed by atoms with Gasteiger partial charge in [0, 0.05) is 23.2 Å². The summed E-state index contributed by atoms with van der Waals surface area (Å²) >= 11 is 0. The average molecular weight is 339 g/mol. The number of halogens is 1. The SMILES string of the molecule is Cc1cc(NC(=O)C2CCCO2)cc2c(-c3cccc(F)c3)[nH]nc12. The number of anilines is 1. The third-order valence-corrected chi connectivity index (χ3v) is 4.45. The molecule has 128 valence electrons. The van der Waals surface area contributed by atoms with Crippen LogP contribution in [-0.2, 0) is 9.53 Å². The smallest absolute Gasteiger partial charge is 0.253 e. The molecule has 1 unspecified atom stereocenters. The van der Waals surface area contributed by atoms with E-state index < -0.39 is 0 Å². The highest BCUT2D eigenvalue weighted by Gasteiger charge is 2.24. The highest BCUT2D eigenvalue weighted by atomic mass is 19.1. The Kier molecular flexibility index (Phi) is 3.97. The van der Waals surface area contributed by atoms with Gasteiger partial charge in [0.2, 0.25) is 0 Å². The van der Waals surface area contributed by atoms with E-state index in [-0.39, 0.29) is 17.8 Å². The maximum absolute atomic E-state index is 13.6. The van der Waals surface area contributed by atoms with Crippen molar-refractivity contribution >= 4 is 22.5 Å². The molecular formula is C19H18FN3O2. The molecule has 1 aromatic heterocycles. The Bertz CT molecular complexity index is 945. The third kappa shape index (κ3) is 3.00. The van der Waals surface area contributed by atoms with Crippen LogP contribution in [0.2, 0.25) is 0 Å². The molecule has 0 aliphatic carbocycles. The van der Waals surface area contributed by atoms with Gasteiger partial charge in [-0.2, -0.15) is 5.10 Å². The summed E-state index contributed by atoms with van der Waals surface area (Å²) in [6.07, 6.45) is 1.26. The first-order valence-corrected chi connectivity index (χ1v) is 8.29. The number of H-pyrrole nitrogens is 1. The van der Waals surface area contributed by atoms with Crippen molar-refractivity contribution in [2.75, 3.05) is 11.9 Å². The quantitative estimate of drug-likeness (QED) is 0.763. The van der Waals surface area contributed by atoms with Gasteiger partial charge in [0.25, 0.3) is 5.91 Å². The van der Waals surface area contributed by atoms with Gasteiger partial charge in [-0.25, -0.2) is 4.39 Å². The molecule has 1 aliphatic rings. The van der Waals surface area contributed by atoms with Crippen molar-refractivity contribution in [2.45, 2.75) is 25.9 Å². The summed E-state index contributed by atoms with van der Waals surface area (Å²) in [7, 11) is 0. The Balaban J connectivity index is 1.72. The highest BCUT2D eigenvalue weighted by Crippen LogP contribution is 2.31. The Hall–Kier alpha value is -2.73. The van der Waals surface area contributed by atoms with Gasteiger partial charge in [0.1, 0.15) is 11.9 Å². The number of hydrogen-bond acceptors (Lipinski definition) is 3. The topological polar surface area (TPSA) is 67.0 Å². The van der Waals surface area contributed by atoms with Gasteiger partial charge in [-0.1, -0.05) is 12.1 Å². The molecule has 5 nitrogen and oxygen atoms in total.